The maximum Gasteiger partial charge on any atom is 0.119 e. The summed E-state index contributed by atoms with van der Waals surface area (Å²) in [4.78, 5) is 0. The van der Waals surface area contributed by atoms with Gasteiger partial charge in [-0.1, -0.05) is 25.5 Å². The van der Waals surface area contributed by atoms with Gasteiger partial charge in [-0.3, -0.25) is 0 Å². The molecule has 1 heterocycles. The Morgan fingerprint density at radius 3 is 2.76 bits per heavy atom. The van der Waals surface area contributed by atoms with Gasteiger partial charge >= 0.3 is 0 Å². The second kappa shape index (κ2) is 6.65. The highest BCUT2D eigenvalue weighted by molar-refractivity contribution is 5.27. The van der Waals surface area contributed by atoms with Gasteiger partial charge in [0, 0.05) is 13.0 Å². The predicted octanol–water partition coefficient (Wildman–Crippen LogP) is 3.32. The Morgan fingerprint density at radius 2 is 2.12 bits per heavy atom. The minimum Gasteiger partial charge on any atom is -0.490 e. The SMILES string of the molecule is CCCCc1ccc(OC2C[CH]NCC2)cc1. The molecule has 1 atom stereocenters. The van der Waals surface area contributed by atoms with Crippen molar-refractivity contribution < 1.29 is 4.74 Å². The van der Waals surface area contributed by atoms with Crippen molar-refractivity contribution in [1.29, 1.82) is 0 Å². The van der Waals surface area contributed by atoms with Crippen LogP contribution in [-0.2, 0) is 6.42 Å². The molecule has 1 aliphatic rings. The van der Waals surface area contributed by atoms with E-state index in [1.807, 2.05) is 0 Å². The smallest absolute Gasteiger partial charge is 0.119 e. The van der Waals surface area contributed by atoms with Crippen LogP contribution >= 0.6 is 0 Å². The van der Waals surface area contributed by atoms with E-state index in [1.54, 1.807) is 0 Å². The molecular formula is C15H22NO. The van der Waals surface area contributed by atoms with Crippen molar-refractivity contribution in [2.24, 2.45) is 0 Å². The molecule has 1 fully saturated rings. The van der Waals surface area contributed by atoms with Gasteiger partial charge in [0.1, 0.15) is 11.9 Å². The molecule has 1 aromatic carbocycles. The Balaban J connectivity index is 1.84. The van der Waals surface area contributed by atoms with Crippen LogP contribution < -0.4 is 10.1 Å². The summed E-state index contributed by atoms with van der Waals surface area (Å²) >= 11 is 0. The zero-order valence-corrected chi connectivity index (χ0v) is 10.6. The first kappa shape index (κ1) is 12.4. The van der Waals surface area contributed by atoms with Gasteiger partial charge in [-0.15, -0.1) is 0 Å². The van der Waals surface area contributed by atoms with E-state index in [9.17, 15) is 0 Å². The lowest BCUT2D eigenvalue weighted by Gasteiger charge is -2.23. The number of aryl methyl sites for hydroxylation is 1. The maximum absolute atomic E-state index is 5.94. The van der Waals surface area contributed by atoms with Gasteiger partial charge in [0.15, 0.2) is 0 Å². The molecule has 0 bridgehead atoms. The topological polar surface area (TPSA) is 21.3 Å². The molecule has 1 N–H and O–H groups in total. The molecular weight excluding hydrogens is 210 g/mol. The number of hydrogen-bond donors (Lipinski definition) is 1. The second-order valence-corrected chi connectivity index (χ2v) is 4.67. The molecule has 17 heavy (non-hydrogen) atoms. The fraction of sp³-hybridized carbons (Fsp3) is 0.533. The summed E-state index contributed by atoms with van der Waals surface area (Å²) in [6, 6.07) is 8.59. The van der Waals surface area contributed by atoms with Gasteiger partial charge < -0.3 is 10.1 Å². The number of ether oxygens (including phenoxy) is 1. The van der Waals surface area contributed by atoms with Crippen molar-refractivity contribution in [3.05, 3.63) is 36.4 Å². The molecule has 2 nitrogen and oxygen atoms in total. The number of rotatable bonds is 5. The van der Waals surface area contributed by atoms with Crippen LogP contribution in [0.2, 0.25) is 0 Å². The van der Waals surface area contributed by atoms with Crippen LogP contribution in [0, 0.1) is 6.54 Å². The summed E-state index contributed by atoms with van der Waals surface area (Å²) in [6.45, 7) is 5.36. The first-order valence-corrected chi connectivity index (χ1v) is 6.69. The minimum atomic E-state index is 0.345. The predicted molar refractivity (Wildman–Crippen MR) is 71.0 cm³/mol. The number of benzene rings is 1. The Morgan fingerprint density at radius 1 is 1.29 bits per heavy atom. The van der Waals surface area contributed by atoms with Crippen LogP contribution in [0.5, 0.6) is 5.75 Å². The van der Waals surface area contributed by atoms with E-state index in [0.717, 1.165) is 25.1 Å². The second-order valence-electron chi connectivity index (χ2n) is 4.67. The zero-order chi connectivity index (χ0) is 11.9. The molecule has 0 aliphatic carbocycles. The van der Waals surface area contributed by atoms with Crippen molar-refractivity contribution in [2.45, 2.75) is 45.1 Å². The summed E-state index contributed by atoms with van der Waals surface area (Å²) in [6.07, 6.45) is 6.13. The molecule has 93 valence electrons. The Bertz CT molecular complexity index is 314. The summed E-state index contributed by atoms with van der Waals surface area (Å²) in [7, 11) is 0. The van der Waals surface area contributed by atoms with E-state index in [4.69, 9.17) is 4.74 Å². The van der Waals surface area contributed by atoms with E-state index in [2.05, 4.69) is 43.1 Å². The molecule has 0 spiro atoms. The van der Waals surface area contributed by atoms with Crippen molar-refractivity contribution in [1.82, 2.24) is 5.32 Å². The zero-order valence-electron chi connectivity index (χ0n) is 10.6. The summed E-state index contributed by atoms with van der Waals surface area (Å²) in [5.41, 5.74) is 1.41. The number of unbranched alkanes of at least 4 members (excludes halogenated alkanes) is 1. The molecule has 2 rings (SSSR count). The third-order valence-corrected chi connectivity index (χ3v) is 3.18. The van der Waals surface area contributed by atoms with Crippen molar-refractivity contribution in [3.8, 4) is 5.75 Å². The lowest BCUT2D eigenvalue weighted by atomic mass is 10.1. The molecule has 1 aromatic rings. The standard InChI is InChI=1S/C15H22NO/c1-2-3-4-13-5-7-14(8-6-13)17-15-9-11-16-12-10-15/h5-8,11,15-16H,2-4,9-10,12H2,1H3. The fourth-order valence-corrected chi connectivity index (χ4v) is 2.09. The lowest BCUT2D eigenvalue weighted by molar-refractivity contribution is 0.174. The first-order valence-electron chi connectivity index (χ1n) is 6.69. The van der Waals surface area contributed by atoms with E-state index in [0.29, 0.717) is 6.10 Å². The van der Waals surface area contributed by atoms with Gasteiger partial charge in [0.2, 0.25) is 0 Å². The fourth-order valence-electron chi connectivity index (χ4n) is 2.09. The van der Waals surface area contributed by atoms with Crippen LogP contribution in [-0.4, -0.2) is 12.6 Å². The van der Waals surface area contributed by atoms with Crippen LogP contribution in [0.25, 0.3) is 0 Å². The van der Waals surface area contributed by atoms with Crippen LogP contribution in [0.3, 0.4) is 0 Å². The number of piperidine rings is 1. The van der Waals surface area contributed by atoms with Gasteiger partial charge in [0.05, 0.1) is 0 Å². The highest BCUT2D eigenvalue weighted by Gasteiger charge is 2.14. The van der Waals surface area contributed by atoms with E-state index in [-0.39, 0.29) is 0 Å². The van der Waals surface area contributed by atoms with E-state index >= 15 is 0 Å². The average molecular weight is 232 g/mol. The molecule has 1 radical (unpaired) electrons. The Kier molecular flexibility index (Phi) is 4.87. The van der Waals surface area contributed by atoms with Crippen molar-refractivity contribution in [3.63, 3.8) is 0 Å². The third kappa shape index (κ3) is 4.04. The quantitative estimate of drug-likeness (QED) is 0.841. The van der Waals surface area contributed by atoms with Crippen molar-refractivity contribution in [2.75, 3.05) is 6.54 Å². The van der Waals surface area contributed by atoms with Crippen LogP contribution in [0.4, 0.5) is 0 Å². The molecule has 0 saturated carbocycles. The molecule has 1 unspecified atom stereocenters. The largest absolute Gasteiger partial charge is 0.490 e. The number of hydrogen-bond acceptors (Lipinski definition) is 2. The van der Waals surface area contributed by atoms with Gasteiger partial charge in [-0.25, -0.2) is 0 Å². The molecule has 0 amide bonds. The van der Waals surface area contributed by atoms with Crippen LogP contribution in [0.1, 0.15) is 38.2 Å². The first-order chi connectivity index (χ1) is 8.38. The lowest BCUT2D eigenvalue weighted by Crippen LogP contribution is -2.30. The molecule has 0 aromatic heterocycles. The van der Waals surface area contributed by atoms with Gasteiger partial charge in [-0.2, -0.15) is 0 Å². The minimum absolute atomic E-state index is 0.345. The summed E-state index contributed by atoms with van der Waals surface area (Å²) < 4.78 is 5.94. The Hall–Kier alpha value is -1.02. The monoisotopic (exact) mass is 232 g/mol. The third-order valence-electron chi connectivity index (χ3n) is 3.18. The van der Waals surface area contributed by atoms with Gasteiger partial charge in [-0.05, 0) is 43.5 Å². The molecule has 1 aliphatic heterocycles. The average Bonchev–Trinajstić information content (AvgIpc) is 2.39. The highest BCUT2D eigenvalue weighted by atomic mass is 16.5. The summed E-state index contributed by atoms with van der Waals surface area (Å²) in [5, 5.41) is 3.23. The number of nitrogens with one attached hydrogen (secondary N) is 1. The normalized spacial score (nSPS) is 17.0. The summed E-state index contributed by atoms with van der Waals surface area (Å²) in [5.74, 6) is 1.01. The highest BCUT2D eigenvalue weighted by Crippen LogP contribution is 2.18. The van der Waals surface area contributed by atoms with Gasteiger partial charge in [0.25, 0.3) is 0 Å². The Labute approximate surface area is 104 Å². The maximum atomic E-state index is 5.94. The van der Waals surface area contributed by atoms with Crippen molar-refractivity contribution >= 4 is 0 Å². The van der Waals surface area contributed by atoms with Crippen LogP contribution in [0.15, 0.2) is 24.3 Å². The molecule has 1 saturated heterocycles. The van der Waals surface area contributed by atoms with E-state index in [1.165, 1.54) is 24.8 Å². The molecule has 2 heteroatoms. The van der Waals surface area contributed by atoms with E-state index < -0.39 is 0 Å².